The van der Waals surface area contributed by atoms with Crippen LogP contribution in [0.25, 0.3) is 22.5 Å². The van der Waals surface area contributed by atoms with Crippen LogP contribution in [0.5, 0.6) is 17.5 Å². The maximum absolute atomic E-state index is 13.3. The lowest BCUT2D eigenvalue weighted by Gasteiger charge is -2.35. The summed E-state index contributed by atoms with van der Waals surface area (Å²) in [6, 6.07) is 25.5. The van der Waals surface area contributed by atoms with Gasteiger partial charge in [-0.25, -0.2) is 39.5 Å². The van der Waals surface area contributed by atoms with Crippen LogP contribution in [0.4, 0.5) is 44.2 Å². The third-order valence-electron chi connectivity index (χ3n) is 11.6. The maximum Gasteiger partial charge on any atom is 0.418 e. The first-order valence-corrected chi connectivity index (χ1v) is 22.9. The summed E-state index contributed by atoms with van der Waals surface area (Å²) in [6.07, 6.45) is 10.9. The number of amides is 3. The van der Waals surface area contributed by atoms with Gasteiger partial charge in [-0.3, -0.25) is 25.5 Å². The first-order chi connectivity index (χ1) is 33.7. The number of urea groups is 1. The minimum Gasteiger partial charge on any atom is -0.477 e. The molecule has 2 fully saturated rings. The van der Waals surface area contributed by atoms with Gasteiger partial charge in [0.1, 0.15) is 5.75 Å². The second-order valence-corrected chi connectivity index (χ2v) is 16.4. The van der Waals surface area contributed by atoms with E-state index in [0.717, 1.165) is 78.0 Å². The Balaban J connectivity index is 0.000000136. The number of aryl methyl sites for hydroxylation is 2. The average Bonchev–Trinajstić information content (AvgIpc) is 3.97. The summed E-state index contributed by atoms with van der Waals surface area (Å²) in [5.41, 5.74) is 8.08. The monoisotopic (exact) mass is 928 g/mol. The quantitative estimate of drug-likeness (QED) is 0.124. The number of nitrogens with zero attached hydrogens (tertiary/aromatic N) is 11. The van der Waals surface area contributed by atoms with Crippen molar-refractivity contribution in [1.82, 2.24) is 39.9 Å². The predicted molar refractivity (Wildman–Crippen MR) is 263 cm³/mol. The van der Waals surface area contributed by atoms with E-state index < -0.39 is 6.09 Å². The van der Waals surface area contributed by atoms with E-state index in [9.17, 15) is 9.59 Å². The molecule has 0 unspecified atom stereocenters. The third kappa shape index (κ3) is 11.0. The number of anilines is 6. The van der Waals surface area contributed by atoms with Gasteiger partial charge >= 0.3 is 12.1 Å². The van der Waals surface area contributed by atoms with Crippen LogP contribution in [0, 0.1) is 13.8 Å². The van der Waals surface area contributed by atoms with Crippen molar-refractivity contribution in [2.24, 2.45) is 0 Å². The molecule has 19 heteroatoms. The SMILES string of the molecule is CCOc1cnc(NC(=O)N2c3nc(-c4ccnc(C)c4)ccc3N3CC[C@H]2C3)cn1.CCOc1cnc(NC(=O)Oc2ccccc2)cn1.Cc1cc(-c2ccc3c(n2)N[C@H]2CCN3C2)ccn1. The fraction of sp³-hybridized carbons (Fsp3) is 0.280. The Kier molecular flexibility index (Phi) is 13.9. The molecule has 6 aromatic heterocycles. The summed E-state index contributed by atoms with van der Waals surface area (Å²) in [5, 5.41) is 8.88. The smallest absolute Gasteiger partial charge is 0.418 e. The van der Waals surface area contributed by atoms with Crippen LogP contribution in [0.15, 0.2) is 116 Å². The highest BCUT2D eigenvalue weighted by Gasteiger charge is 2.40. The first-order valence-electron chi connectivity index (χ1n) is 22.9. The number of aromatic nitrogens is 8. The Bertz CT molecular complexity index is 2890. The molecule has 4 aliphatic rings. The molecule has 3 amide bonds. The molecular weight excluding hydrogens is 877 g/mol. The summed E-state index contributed by atoms with van der Waals surface area (Å²) < 4.78 is 15.5. The van der Waals surface area contributed by atoms with Crippen molar-refractivity contribution in [2.45, 2.75) is 52.6 Å². The second-order valence-electron chi connectivity index (χ2n) is 16.4. The summed E-state index contributed by atoms with van der Waals surface area (Å²) >= 11 is 0. The zero-order valence-electron chi connectivity index (χ0n) is 38.7. The van der Waals surface area contributed by atoms with Gasteiger partial charge in [0, 0.05) is 67.1 Å². The van der Waals surface area contributed by atoms with Gasteiger partial charge in [0.05, 0.1) is 66.8 Å². The van der Waals surface area contributed by atoms with Crippen LogP contribution in [0.2, 0.25) is 0 Å². The largest absolute Gasteiger partial charge is 0.477 e. The highest BCUT2D eigenvalue weighted by Crippen LogP contribution is 2.41. The van der Waals surface area contributed by atoms with Crippen molar-refractivity contribution in [3.63, 3.8) is 0 Å². The molecule has 2 atom stereocenters. The number of rotatable bonds is 9. The molecule has 10 heterocycles. The van der Waals surface area contributed by atoms with E-state index >= 15 is 0 Å². The zero-order valence-corrected chi connectivity index (χ0v) is 38.7. The van der Waals surface area contributed by atoms with E-state index in [1.807, 2.05) is 70.3 Å². The lowest BCUT2D eigenvalue weighted by molar-refractivity contribution is 0.215. The molecule has 352 valence electrons. The van der Waals surface area contributed by atoms with Crippen molar-refractivity contribution in [2.75, 3.05) is 70.0 Å². The lowest BCUT2D eigenvalue weighted by atomic mass is 10.1. The fourth-order valence-electron chi connectivity index (χ4n) is 8.41. The van der Waals surface area contributed by atoms with Crippen molar-refractivity contribution < 1.29 is 23.8 Å². The Morgan fingerprint density at radius 3 is 1.90 bits per heavy atom. The molecule has 69 heavy (non-hydrogen) atoms. The van der Waals surface area contributed by atoms with E-state index in [4.69, 9.17) is 24.2 Å². The van der Waals surface area contributed by atoms with Crippen LogP contribution in [0.1, 0.15) is 38.1 Å². The number of fused-ring (bicyclic) bond motifs is 8. The normalized spacial score (nSPS) is 15.7. The Labute approximate surface area is 399 Å². The van der Waals surface area contributed by atoms with Gasteiger partial charge in [-0.15, -0.1) is 0 Å². The van der Waals surface area contributed by atoms with Gasteiger partial charge in [0.15, 0.2) is 23.3 Å². The number of hydrogen-bond donors (Lipinski definition) is 3. The Morgan fingerprint density at radius 1 is 0.667 bits per heavy atom. The summed E-state index contributed by atoms with van der Waals surface area (Å²) in [6.45, 7) is 12.7. The molecule has 0 saturated carbocycles. The Hall–Kier alpha value is -8.48. The van der Waals surface area contributed by atoms with Gasteiger partial charge in [0.25, 0.3) is 0 Å². The van der Waals surface area contributed by atoms with Gasteiger partial charge in [-0.2, -0.15) is 0 Å². The van der Waals surface area contributed by atoms with E-state index in [-0.39, 0.29) is 12.1 Å². The fourth-order valence-corrected chi connectivity index (χ4v) is 8.41. The number of para-hydroxylation sites is 1. The van der Waals surface area contributed by atoms with Gasteiger partial charge in [-0.05, 0) is 101 Å². The molecule has 3 N–H and O–H groups in total. The standard InChI is InChI=1S/C22H23N7O2.C15H16N4.C13H13N3O3/c1-3-31-20-12-24-19(11-25-20)27-22(30)29-16-7-9-28(13-16)18-5-4-17(26-21(18)29)15-6-8-23-14(2)10-15;1-10-8-11(4-6-16-10)13-2-3-14-15(18-13)17-12-5-7-19(14)9-12;1-2-18-12-9-14-11(8-15-12)16-13(17)19-10-6-4-3-5-7-10/h4-6,8,10-12,16H,3,7,9,13H2,1-2H3,(H,24,27,30);2-4,6,8,12H,5,7,9H2,1H3,(H,17,18);3-9H,2H2,1H3,(H,14,16,17)/t16-;12-;/m00./s1. The molecule has 11 rings (SSSR count). The van der Waals surface area contributed by atoms with E-state index in [0.29, 0.717) is 54.2 Å². The second kappa shape index (κ2) is 21.0. The summed E-state index contributed by atoms with van der Waals surface area (Å²) in [7, 11) is 0. The third-order valence-corrected chi connectivity index (χ3v) is 11.6. The van der Waals surface area contributed by atoms with E-state index in [2.05, 4.69) is 73.9 Å². The number of ether oxygens (including phenoxy) is 3. The molecular formula is C50H52N14O5. The molecule has 0 spiro atoms. The van der Waals surface area contributed by atoms with Crippen molar-refractivity contribution >= 4 is 46.8 Å². The minimum absolute atomic E-state index is 0.0603. The van der Waals surface area contributed by atoms with Gasteiger partial charge < -0.3 is 29.3 Å². The van der Waals surface area contributed by atoms with Gasteiger partial charge in [-0.1, -0.05) is 18.2 Å². The van der Waals surface area contributed by atoms with Crippen molar-refractivity contribution in [3.8, 4) is 40.0 Å². The van der Waals surface area contributed by atoms with Crippen molar-refractivity contribution in [1.29, 1.82) is 0 Å². The highest BCUT2D eigenvalue weighted by molar-refractivity contribution is 6.04. The van der Waals surface area contributed by atoms with E-state index in [1.165, 1.54) is 36.9 Å². The molecule has 7 aromatic rings. The predicted octanol–water partition coefficient (Wildman–Crippen LogP) is 8.21. The highest BCUT2D eigenvalue weighted by atomic mass is 16.6. The molecule has 0 radical (unpaired) electrons. The van der Waals surface area contributed by atoms with Crippen LogP contribution >= 0.6 is 0 Å². The first kappa shape index (κ1) is 45.7. The average molecular weight is 929 g/mol. The van der Waals surface area contributed by atoms with Gasteiger partial charge in [0.2, 0.25) is 11.8 Å². The number of hydrogen-bond acceptors (Lipinski definition) is 16. The van der Waals surface area contributed by atoms with Crippen LogP contribution in [0.3, 0.4) is 0 Å². The molecule has 4 bridgehead atoms. The zero-order chi connectivity index (χ0) is 47.7. The summed E-state index contributed by atoms with van der Waals surface area (Å²) in [5.74, 6) is 3.65. The minimum atomic E-state index is -0.621. The summed E-state index contributed by atoms with van der Waals surface area (Å²) in [4.78, 5) is 65.8. The van der Waals surface area contributed by atoms with Crippen molar-refractivity contribution in [3.05, 3.63) is 127 Å². The van der Waals surface area contributed by atoms with Crippen LogP contribution in [-0.2, 0) is 0 Å². The molecule has 4 aliphatic heterocycles. The number of nitrogens with one attached hydrogen (secondary N) is 3. The number of carbonyl (C=O) groups is 2. The lowest BCUT2D eigenvalue weighted by Crippen LogP contribution is -2.48. The molecule has 2 saturated heterocycles. The van der Waals surface area contributed by atoms with E-state index in [1.54, 1.807) is 35.4 Å². The molecule has 19 nitrogen and oxygen atoms in total. The number of carbonyl (C=O) groups excluding carboxylic acids is 2. The molecule has 0 aliphatic carbocycles. The number of pyridine rings is 4. The van der Waals surface area contributed by atoms with Crippen LogP contribution in [-0.4, -0.2) is 103 Å². The molecule has 1 aromatic carbocycles. The number of benzene rings is 1. The maximum atomic E-state index is 13.3. The Morgan fingerprint density at radius 2 is 1.28 bits per heavy atom. The topological polar surface area (TPSA) is 211 Å². The van der Waals surface area contributed by atoms with Crippen LogP contribution < -0.4 is 44.9 Å².